The lowest BCUT2D eigenvalue weighted by Gasteiger charge is -2.31. The van der Waals surface area contributed by atoms with Crippen LogP contribution in [-0.2, 0) is 22.6 Å². The van der Waals surface area contributed by atoms with Gasteiger partial charge in [0.2, 0.25) is 11.8 Å². The van der Waals surface area contributed by atoms with Crippen LogP contribution < -0.4 is 5.32 Å². The maximum absolute atomic E-state index is 13.6. The van der Waals surface area contributed by atoms with Crippen molar-refractivity contribution in [2.24, 2.45) is 5.92 Å². The van der Waals surface area contributed by atoms with Gasteiger partial charge in [-0.15, -0.1) is 0 Å². The summed E-state index contributed by atoms with van der Waals surface area (Å²) in [6, 6.07) is 10.8. The van der Waals surface area contributed by atoms with Crippen LogP contribution in [0.3, 0.4) is 0 Å². The Hall–Kier alpha value is -3.22. The summed E-state index contributed by atoms with van der Waals surface area (Å²) >= 11 is 0. The van der Waals surface area contributed by atoms with E-state index in [1.807, 2.05) is 29.2 Å². The van der Waals surface area contributed by atoms with E-state index in [0.717, 1.165) is 22.0 Å². The van der Waals surface area contributed by atoms with Crippen molar-refractivity contribution >= 4 is 22.7 Å². The van der Waals surface area contributed by atoms with Gasteiger partial charge < -0.3 is 10.2 Å². The Morgan fingerprint density at radius 2 is 1.93 bits per heavy atom. The molecule has 0 bridgehead atoms. The number of amides is 2. The summed E-state index contributed by atoms with van der Waals surface area (Å²) in [5, 5.41) is 10.8. The molecule has 1 fully saturated rings. The Morgan fingerprint density at radius 1 is 1.17 bits per heavy atom. The van der Waals surface area contributed by atoms with Crippen LogP contribution in [0.2, 0.25) is 0 Å². The number of piperidine rings is 1. The van der Waals surface area contributed by atoms with Gasteiger partial charge >= 0.3 is 0 Å². The summed E-state index contributed by atoms with van der Waals surface area (Å²) in [7, 11) is 0. The molecule has 1 aliphatic rings. The molecule has 30 heavy (non-hydrogen) atoms. The number of fused-ring (bicyclic) bond motifs is 1. The minimum atomic E-state index is -0.263. The number of aryl methyl sites for hydroxylation is 1. The van der Waals surface area contributed by atoms with E-state index in [4.69, 9.17) is 0 Å². The predicted molar refractivity (Wildman–Crippen MR) is 112 cm³/mol. The number of hydrogen-bond acceptors (Lipinski definition) is 3. The van der Waals surface area contributed by atoms with E-state index in [9.17, 15) is 14.0 Å². The van der Waals surface area contributed by atoms with Gasteiger partial charge in [-0.1, -0.05) is 18.2 Å². The zero-order valence-electron chi connectivity index (χ0n) is 17.0. The summed E-state index contributed by atoms with van der Waals surface area (Å²) in [6.07, 6.45) is 3.37. The lowest BCUT2D eigenvalue weighted by Crippen LogP contribution is -2.43. The van der Waals surface area contributed by atoms with Gasteiger partial charge in [-0.25, -0.2) is 4.39 Å². The van der Waals surface area contributed by atoms with Crippen LogP contribution in [0.25, 0.3) is 10.9 Å². The van der Waals surface area contributed by atoms with Crippen LogP contribution in [0, 0.1) is 18.7 Å². The first-order valence-electron chi connectivity index (χ1n) is 10.2. The molecule has 2 N–H and O–H groups in total. The molecular weight excluding hydrogens is 383 g/mol. The summed E-state index contributed by atoms with van der Waals surface area (Å²) in [5.41, 5.74) is 3.24. The van der Waals surface area contributed by atoms with Crippen LogP contribution >= 0.6 is 0 Å². The lowest BCUT2D eigenvalue weighted by atomic mass is 9.95. The third kappa shape index (κ3) is 4.50. The number of aromatic amines is 1. The minimum Gasteiger partial charge on any atom is -0.352 e. The number of likely N-dealkylation sites (tertiary alicyclic amines) is 1. The number of halogens is 1. The number of carbonyl (C=O) groups is 2. The third-order valence-corrected chi connectivity index (χ3v) is 5.78. The quantitative estimate of drug-likeness (QED) is 0.681. The molecule has 6 nitrogen and oxygen atoms in total. The molecule has 0 unspecified atom stereocenters. The molecule has 0 saturated carbocycles. The Morgan fingerprint density at radius 3 is 2.70 bits per heavy atom. The number of nitrogens with one attached hydrogen (secondary N) is 2. The molecule has 0 atom stereocenters. The average Bonchev–Trinajstić information content (AvgIpc) is 3.22. The predicted octanol–water partition coefficient (Wildman–Crippen LogP) is 3.11. The molecule has 1 saturated heterocycles. The lowest BCUT2D eigenvalue weighted by molar-refractivity contribution is -0.135. The number of rotatable bonds is 5. The van der Waals surface area contributed by atoms with E-state index < -0.39 is 0 Å². The van der Waals surface area contributed by atoms with Gasteiger partial charge in [-0.3, -0.25) is 14.7 Å². The Bertz CT molecular complexity index is 1070. The Kier molecular flexibility index (Phi) is 5.79. The summed E-state index contributed by atoms with van der Waals surface area (Å²) in [4.78, 5) is 27.0. The van der Waals surface area contributed by atoms with Crippen LogP contribution in [0.5, 0.6) is 0 Å². The summed E-state index contributed by atoms with van der Waals surface area (Å²) < 4.78 is 13.6. The fraction of sp³-hybridized carbons (Fsp3) is 0.348. The van der Waals surface area contributed by atoms with E-state index in [1.165, 1.54) is 6.07 Å². The molecule has 7 heteroatoms. The normalized spacial score (nSPS) is 14.8. The van der Waals surface area contributed by atoms with Crippen LogP contribution in [0.15, 0.2) is 42.6 Å². The zero-order chi connectivity index (χ0) is 21.1. The number of H-pyrrole nitrogens is 1. The number of benzene rings is 2. The van der Waals surface area contributed by atoms with Gasteiger partial charge in [0.25, 0.3) is 0 Å². The molecule has 0 aliphatic carbocycles. The number of nitrogens with zero attached hydrogens (tertiary/aromatic N) is 2. The van der Waals surface area contributed by atoms with Gasteiger partial charge in [0, 0.05) is 30.9 Å². The van der Waals surface area contributed by atoms with Gasteiger partial charge in [0.15, 0.2) is 0 Å². The molecule has 2 aromatic carbocycles. The number of hydrogen-bond donors (Lipinski definition) is 2. The third-order valence-electron chi connectivity index (χ3n) is 5.78. The van der Waals surface area contributed by atoms with Crippen molar-refractivity contribution in [3.63, 3.8) is 0 Å². The van der Waals surface area contributed by atoms with Crippen LogP contribution in [0.1, 0.15) is 29.5 Å². The maximum atomic E-state index is 13.6. The molecule has 1 aliphatic heterocycles. The molecule has 2 heterocycles. The van der Waals surface area contributed by atoms with Crippen molar-refractivity contribution in [2.45, 2.75) is 32.7 Å². The van der Waals surface area contributed by atoms with E-state index in [-0.39, 0.29) is 23.5 Å². The highest BCUT2D eigenvalue weighted by molar-refractivity contribution is 5.83. The molecule has 2 amide bonds. The highest BCUT2D eigenvalue weighted by atomic mass is 19.1. The van der Waals surface area contributed by atoms with Gasteiger partial charge in [0.05, 0.1) is 18.1 Å². The fourth-order valence-electron chi connectivity index (χ4n) is 3.86. The van der Waals surface area contributed by atoms with Crippen LogP contribution in [-0.4, -0.2) is 40.0 Å². The maximum Gasteiger partial charge on any atom is 0.226 e. The first kappa shape index (κ1) is 20.1. The first-order valence-corrected chi connectivity index (χ1v) is 10.2. The van der Waals surface area contributed by atoms with Crippen molar-refractivity contribution in [1.82, 2.24) is 20.4 Å². The SMILES string of the molecule is Cc1ccc(CNC(=O)C2CCN(C(=O)Cc3ccc4[nH]ncc4c3)CC2)cc1F. The zero-order valence-corrected chi connectivity index (χ0v) is 17.0. The largest absolute Gasteiger partial charge is 0.352 e. The second kappa shape index (κ2) is 8.65. The van der Waals surface area contributed by atoms with Gasteiger partial charge in [-0.05, 0) is 54.7 Å². The number of carbonyl (C=O) groups excluding carboxylic acids is 2. The Balaban J connectivity index is 1.25. The topological polar surface area (TPSA) is 78.1 Å². The fourth-order valence-corrected chi connectivity index (χ4v) is 3.86. The van der Waals surface area contributed by atoms with E-state index in [0.29, 0.717) is 44.5 Å². The van der Waals surface area contributed by atoms with Crippen molar-refractivity contribution < 1.29 is 14.0 Å². The molecule has 156 valence electrons. The van der Waals surface area contributed by atoms with Gasteiger partial charge in [-0.2, -0.15) is 5.10 Å². The summed E-state index contributed by atoms with van der Waals surface area (Å²) in [6.45, 7) is 3.17. The van der Waals surface area contributed by atoms with Crippen molar-refractivity contribution in [1.29, 1.82) is 0 Å². The van der Waals surface area contributed by atoms with E-state index in [1.54, 1.807) is 19.2 Å². The van der Waals surface area contributed by atoms with E-state index in [2.05, 4.69) is 15.5 Å². The summed E-state index contributed by atoms with van der Waals surface area (Å²) in [5.74, 6) is -0.340. The average molecular weight is 408 g/mol. The monoisotopic (exact) mass is 408 g/mol. The Labute approximate surface area is 174 Å². The van der Waals surface area contributed by atoms with E-state index >= 15 is 0 Å². The molecule has 1 aromatic heterocycles. The van der Waals surface area contributed by atoms with Crippen molar-refractivity contribution in [3.05, 3.63) is 65.1 Å². The molecular formula is C23H25FN4O2. The molecule has 0 radical (unpaired) electrons. The standard InChI is InChI=1S/C23H25FN4O2/c1-15-2-3-17(11-20(15)24)13-25-23(30)18-6-8-28(9-7-18)22(29)12-16-4-5-21-19(10-16)14-26-27-21/h2-5,10-11,14,18H,6-9,12-13H2,1H3,(H,25,30)(H,26,27). The van der Waals surface area contributed by atoms with Crippen molar-refractivity contribution in [2.75, 3.05) is 13.1 Å². The number of aromatic nitrogens is 2. The molecule has 3 aromatic rings. The second-order valence-corrected chi connectivity index (χ2v) is 7.92. The highest BCUT2D eigenvalue weighted by Gasteiger charge is 2.27. The van der Waals surface area contributed by atoms with Crippen molar-refractivity contribution in [3.8, 4) is 0 Å². The minimum absolute atomic E-state index is 0.0338. The smallest absolute Gasteiger partial charge is 0.226 e. The van der Waals surface area contributed by atoms with Crippen LogP contribution in [0.4, 0.5) is 4.39 Å². The second-order valence-electron chi connectivity index (χ2n) is 7.92. The molecule has 4 rings (SSSR count). The highest BCUT2D eigenvalue weighted by Crippen LogP contribution is 2.20. The molecule has 0 spiro atoms. The van der Waals surface area contributed by atoms with Gasteiger partial charge in [0.1, 0.15) is 5.82 Å². The first-order chi connectivity index (χ1) is 14.5.